The molecule has 0 saturated heterocycles. The summed E-state index contributed by atoms with van der Waals surface area (Å²) in [5.74, 6) is 0.0266. The lowest BCUT2D eigenvalue weighted by atomic mass is 10.2. The smallest absolute Gasteiger partial charge is 0.171 e. The van der Waals surface area contributed by atoms with Gasteiger partial charge in [-0.3, -0.25) is 4.79 Å². The fourth-order valence-electron chi connectivity index (χ4n) is 1.68. The van der Waals surface area contributed by atoms with Crippen molar-refractivity contribution < 1.29 is 4.79 Å². The number of hydrogen-bond acceptors (Lipinski definition) is 3. The highest BCUT2D eigenvalue weighted by molar-refractivity contribution is 7.17. The van der Waals surface area contributed by atoms with Crippen molar-refractivity contribution in [1.29, 1.82) is 0 Å². The third kappa shape index (κ3) is 2.44. The molecule has 0 amide bonds. The van der Waals surface area contributed by atoms with Gasteiger partial charge in [0.25, 0.3) is 0 Å². The summed E-state index contributed by atoms with van der Waals surface area (Å²) in [5, 5.41) is 1.80. The number of benzene rings is 1. The molecule has 0 saturated carbocycles. The fraction of sp³-hybridized carbons (Fsp3) is 0.231. The van der Waals surface area contributed by atoms with E-state index in [-0.39, 0.29) is 5.78 Å². The third-order valence-corrected chi connectivity index (χ3v) is 4.37. The second-order valence-corrected chi connectivity index (χ2v) is 5.61. The van der Waals surface area contributed by atoms with E-state index < -0.39 is 0 Å². The Labute approximate surface area is 120 Å². The fourth-order valence-corrected chi connectivity index (χ4v) is 3.49. The zero-order chi connectivity index (χ0) is 13.3. The first-order valence-corrected chi connectivity index (χ1v) is 7.06. The number of aryl methyl sites for hydroxylation is 1. The topological polar surface area (TPSA) is 30.0 Å². The van der Waals surface area contributed by atoms with Crippen LogP contribution in [0.5, 0.6) is 0 Å². The number of halogens is 2. The van der Waals surface area contributed by atoms with Crippen LogP contribution in [-0.4, -0.2) is 10.8 Å². The Balaban J connectivity index is 2.62. The molecule has 1 aromatic carbocycles. The number of thiazole rings is 1. The normalized spacial score (nSPS) is 10.7. The molecular formula is C13H11Cl2NOS. The molecule has 0 fully saturated rings. The van der Waals surface area contributed by atoms with E-state index in [1.165, 1.54) is 11.3 Å². The molecule has 2 nitrogen and oxygen atoms in total. The van der Waals surface area contributed by atoms with Gasteiger partial charge in [-0.25, -0.2) is 4.98 Å². The molecule has 94 valence electrons. The number of aromatic nitrogens is 1. The predicted octanol–water partition coefficient (Wildman–Crippen LogP) is 4.88. The molecule has 18 heavy (non-hydrogen) atoms. The van der Waals surface area contributed by atoms with E-state index in [0.717, 1.165) is 5.69 Å². The van der Waals surface area contributed by atoms with Crippen LogP contribution in [-0.2, 0) is 6.42 Å². The molecule has 0 aliphatic carbocycles. The highest BCUT2D eigenvalue weighted by Crippen LogP contribution is 2.38. The second kappa shape index (κ2) is 5.39. The van der Waals surface area contributed by atoms with Crippen LogP contribution in [0.25, 0.3) is 10.6 Å². The average molecular weight is 300 g/mol. The minimum absolute atomic E-state index is 0.0266. The lowest BCUT2D eigenvalue weighted by Crippen LogP contribution is -1.93. The van der Waals surface area contributed by atoms with E-state index in [4.69, 9.17) is 23.2 Å². The molecule has 0 radical (unpaired) electrons. The van der Waals surface area contributed by atoms with Crippen LogP contribution in [0.2, 0.25) is 10.0 Å². The van der Waals surface area contributed by atoms with Crippen LogP contribution in [0.1, 0.15) is 29.2 Å². The summed E-state index contributed by atoms with van der Waals surface area (Å²) in [5.41, 5.74) is 1.51. The van der Waals surface area contributed by atoms with Crippen LogP contribution in [0.4, 0.5) is 0 Å². The Kier molecular flexibility index (Phi) is 4.05. The number of rotatable bonds is 3. The lowest BCUT2D eigenvalue weighted by Gasteiger charge is -2.02. The number of carbonyl (C=O) groups excluding carboxylic acids is 1. The number of nitrogens with zero attached hydrogens (tertiary/aromatic N) is 1. The summed E-state index contributed by atoms with van der Waals surface area (Å²) in [7, 11) is 0. The Morgan fingerprint density at radius 1 is 1.33 bits per heavy atom. The zero-order valence-corrected chi connectivity index (χ0v) is 12.3. The molecule has 2 rings (SSSR count). The maximum absolute atomic E-state index is 11.5. The molecule has 1 aromatic heterocycles. The first kappa shape index (κ1) is 13.5. The second-order valence-electron chi connectivity index (χ2n) is 3.80. The number of hydrogen-bond donors (Lipinski definition) is 0. The van der Waals surface area contributed by atoms with Crippen LogP contribution >= 0.6 is 34.5 Å². The third-order valence-electron chi connectivity index (χ3n) is 2.53. The molecule has 0 aliphatic heterocycles. The largest absolute Gasteiger partial charge is 0.294 e. The van der Waals surface area contributed by atoms with Gasteiger partial charge in [-0.15, -0.1) is 11.3 Å². The van der Waals surface area contributed by atoms with Crippen molar-refractivity contribution in [2.45, 2.75) is 20.3 Å². The number of Topliss-reactive ketones (excluding diaryl/α,β-unsaturated/α-hetero) is 1. The summed E-state index contributed by atoms with van der Waals surface area (Å²) >= 11 is 13.6. The summed E-state index contributed by atoms with van der Waals surface area (Å²) in [6, 6.07) is 5.32. The van der Waals surface area contributed by atoms with E-state index in [1.54, 1.807) is 25.1 Å². The van der Waals surface area contributed by atoms with Crippen LogP contribution < -0.4 is 0 Å². The Bertz CT molecular complexity index is 587. The summed E-state index contributed by atoms with van der Waals surface area (Å²) in [6.07, 6.45) is 0.716. The molecule has 0 aliphatic rings. The maximum atomic E-state index is 11.5. The molecule has 0 spiro atoms. The maximum Gasteiger partial charge on any atom is 0.171 e. The van der Waals surface area contributed by atoms with E-state index in [9.17, 15) is 4.79 Å². The molecule has 0 N–H and O–H groups in total. The first-order valence-electron chi connectivity index (χ1n) is 5.49. The van der Waals surface area contributed by atoms with Crippen LogP contribution in [0, 0.1) is 0 Å². The molecule has 1 heterocycles. The molecule has 0 atom stereocenters. The molecule has 0 bridgehead atoms. The van der Waals surface area contributed by atoms with Gasteiger partial charge < -0.3 is 0 Å². The number of ketones is 1. The van der Waals surface area contributed by atoms with Crippen molar-refractivity contribution in [3.05, 3.63) is 38.8 Å². The summed E-state index contributed by atoms with van der Waals surface area (Å²) in [6.45, 7) is 3.52. The Morgan fingerprint density at radius 2 is 1.94 bits per heavy atom. The Morgan fingerprint density at radius 3 is 2.39 bits per heavy atom. The average Bonchev–Trinajstić information content (AvgIpc) is 2.73. The van der Waals surface area contributed by atoms with Crippen molar-refractivity contribution in [3.8, 4) is 10.6 Å². The van der Waals surface area contributed by atoms with Crippen molar-refractivity contribution >= 4 is 40.3 Å². The van der Waals surface area contributed by atoms with Crippen molar-refractivity contribution in [3.63, 3.8) is 0 Å². The quantitative estimate of drug-likeness (QED) is 0.756. The molecule has 2 aromatic rings. The SMILES string of the molecule is CCc1nc(-c2c(Cl)cccc2Cl)sc1C(C)=O. The molecule has 0 unspecified atom stereocenters. The van der Waals surface area contributed by atoms with E-state index >= 15 is 0 Å². The van der Waals surface area contributed by atoms with Gasteiger partial charge in [0.1, 0.15) is 5.01 Å². The number of carbonyl (C=O) groups is 1. The predicted molar refractivity (Wildman–Crippen MR) is 77.0 cm³/mol. The van der Waals surface area contributed by atoms with Crippen molar-refractivity contribution in [2.75, 3.05) is 0 Å². The van der Waals surface area contributed by atoms with E-state index in [1.807, 2.05) is 6.92 Å². The van der Waals surface area contributed by atoms with Crippen molar-refractivity contribution in [1.82, 2.24) is 4.98 Å². The van der Waals surface area contributed by atoms with Gasteiger partial charge in [0.15, 0.2) is 5.78 Å². The summed E-state index contributed by atoms with van der Waals surface area (Å²) in [4.78, 5) is 16.7. The van der Waals surface area contributed by atoms with Crippen molar-refractivity contribution in [2.24, 2.45) is 0 Å². The minimum atomic E-state index is 0.0266. The molecular weight excluding hydrogens is 289 g/mol. The summed E-state index contributed by atoms with van der Waals surface area (Å²) < 4.78 is 0. The van der Waals surface area contributed by atoms with E-state index in [2.05, 4.69) is 4.98 Å². The van der Waals surface area contributed by atoms with Gasteiger partial charge in [0.2, 0.25) is 0 Å². The highest BCUT2D eigenvalue weighted by atomic mass is 35.5. The van der Waals surface area contributed by atoms with Gasteiger partial charge in [0.05, 0.1) is 20.6 Å². The zero-order valence-electron chi connectivity index (χ0n) is 9.96. The first-order chi connectivity index (χ1) is 8.54. The van der Waals surface area contributed by atoms with Crippen LogP contribution in [0.15, 0.2) is 18.2 Å². The van der Waals surface area contributed by atoms with E-state index in [0.29, 0.717) is 31.9 Å². The van der Waals surface area contributed by atoms with Gasteiger partial charge in [-0.2, -0.15) is 0 Å². The van der Waals surface area contributed by atoms with Gasteiger partial charge in [-0.05, 0) is 18.6 Å². The Hall–Kier alpha value is -0.900. The minimum Gasteiger partial charge on any atom is -0.294 e. The monoisotopic (exact) mass is 299 g/mol. The highest BCUT2D eigenvalue weighted by Gasteiger charge is 2.18. The molecule has 5 heteroatoms. The standard InChI is InChI=1S/C13H11Cl2NOS/c1-3-10-12(7(2)17)18-13(16-10)11-8(14)5-4-6-9(11)15/h4-6H,3H2,1-2H3. The van der Waals surface area contributed by atoms with Gasteiger partial charge in [-0.1, -0.05) is 36.2 Å². The van der Waals surface area contributed by atoms with Gasteiger partial charge >= 0.3 is 0 Å². The lowest BCUT2D eigenvalue weighted by molar-refractivity contribution is 0.102. The van der Waals surface area contributed by atoms with Gasteiger partial charge in [0, 0.05) is 12.5 Å². The van der Waals surface area contributed by atoms with Crippen LogP contribution in [0.3, 0.4) is 0 Å².